The molecule has 0 aliphatic rings. The molecule has 1 heterocycles. The highest BCUT2D eigenvalue weighted by Crippen LogP contribution is 2.30. The number of rotatable bonds is 3. The maximum atomic E-state index is 12.6. The number of ether oxygens (including phenoxy) is 1. The predicted molar refractivity (Wildman–Crippen MR) is 58.0 cm³/mol. The molecule has 14 heavy (non-hydrogen) atoms. The molecule has 1 rings (SSSR count). The maximum Gasteiger partial charge on any atom is 0.266 e. The Morgan fingerprint density at radius 3 is 2.71 bits per heavy atom. The van der Waals surface area contributed by atoms with Crippen molar-refractivity contribution in [2.45, 2.75) is 12.3 Å². The summed E-state index contributed by atoms with van der Waals surface area (Å²) in [6.45, 7) is 0. The molecule has 0 saturated heterocycles. The third-order valence-electron chi connectivity index (χ3n) is 1.62. The second-order valence-corrected chi connectivity index (χ2v) is 3.87. The van der Waals surface area contributed by atoms with E-state index in [0.717, 1.165) is 0 Å². The van der Waals surface area contributed by atoms with Gasteiger partial charge in [-0.05, 0) is 22.6 Å². The van der Waals surface area contributed by atoms with Crippen LogP contribution in [-0.2, 0) is 5.88 Å². The standard InChI is InChI=1S/C8H7ClF2INO/c1-14-6-2-4(12)7(8(10)11)5(3-9)13-6/h2,8H,3H2,1H3. The summed E-state index contributed by atoms with van der Waals surface area (Å²) >= 11 is 7.34. The van der Waals surface area contributed by atoms with E-state index in [-0.39, 0.29) is 17.1 Å². The first-order chi connectivity index (χ1) is 6.60. The minimum absolute atomic E-state index is 0.0487. The second kappa shape index (κ2) is 5.06. The minimum atomic E-state index is -2.56. The van der Waals surface area contributed by atoms with Crippen molar-refractivity contribution >= 4 is 34.2 Å². The number of hydrogen-bond donors (Lipinski definition) is 0. The van der Waals surface area contributed by atoms with E-state index in [2.05, 4.69) is 4.98 Å². The van der Waals surface area contributed by atoms with Crippen LogP contribution in [0.5, 0.6) is 5.88 Å². The molecule has 0 fully saturated rings. The molecule has 0 bridgehead atoms. The lowest BCUT2D eigenvalue weighted by Gasteiger charge is -2.09. The molecule has 1 aromatic heterocycles. The van der Waals surface area contributed by atoms with Gasteiger partial charge in [0.2, 0.25) is 5.88 Å². The van der Waals surface area contributed by atoms with Crippen LogP contribution in [0.25, 0.3) is 0 Å². The van der Waals surface area contributed by atoms with E-state index in [1.54, 1.807) is 0 Å². The molecule has 2 nitrogen and oxygen atoms in total. The van der Waals surface area contributed by atoms with Gasteiger partial charge in [-0.25, -0.2) is 13.8 Å². The smallest absolute Gasteiger partial charge is 0.266 e. The van der Waals surface area contributed by atoms with E-state index in [1.165, 1.54) is 13.2 Å². The lowest BCUT2D eigenvalue weighted by molar-refractivity contribution is 0.148. The molecule has 0 unspecified atom stereocenters. The molecule has 0 spiro atoms. The van der Waals surface area contributed by atoms with Crippen LogP contribution in [0.3, 0.4) is 0 Å². The van der Waals surface area contributed by atoms with Gasteiger partial charge in [0.15, 0.2) is 0 Å². The van der Waals surface area contributed by atoms with Gasteiger partial charge in [0.25, 0.3) is 6.43 Å². The molecule has 0 aliphatic carbocycles. The Hall–Kier alpha value is -0.170. The SMILES string of the molecule is COc1cc(I)c(C(F)F)c(CCl)n1. The van der Waals surface area contributed by atoms with Crippen molar-refractivity contribution in [1.82, 2.24) is 4.98 Å². The van der Waals surface area contributed by atoms with Gasteiger partial charge in [0, 0.05) is 9.64 Å². The Balaban J connectivity index is 3.27. The van der Waals surface area contributed by atoms with Crippen LogP contribution in [0.1, 0.15) is 17.7 Å². The Labute approximate surface area is 98.8 Å². The number of hydrogen-bond acceptors (Lipinski definition) is 2. The van der Waals surface area contributed by atoms with Crippen molar-refractivity contribution < 1.29 is 13.5 Å². The van der Waals surface area contributed by atoms with E-state index in [9.17, 15) is 8.78 Å². The van der Waals surface area contributed by atoms with Crippen LogP contribution in [0.2, 0.25) is 0 Å². The molecule has 6 heteroatoms. The predicted octanol–water partition coefficient (Wildman–Crippen LogP) is 3.37. The highest BCUT2D eigenvalue weighted by molar-refractivity contribution is 14.1. The third kappa shape index (κ3) is 2.44. The van der Waals surface area contributed by atoms with Gasteiger partial charge in [-0.1, -0.05) is 0 Å². The third-order valence-corrected chi connectivity index (χ3v) is 2.76. The molecule has 0 aromatic carbocycles. The van der Waals surface area contributed by atoms with Gasteiger partial charge < -0.3 is 4.74 Å². The maximum absolute atomic E-state index is 12.6. The highest BCUT2D eigenvalue weighted by Gasteiger charge is 2.18. The number of nitrogens with zero attached hydrogens (tertiary/aromatic N) is 1. The molecular formula is C8H7ClF2INO. The molecular weight excluding hydrogens is 326 g/mol. The highest BCUT2D eigenvalue weighted by atomic mass is 127. The molecule has 0 amide bonds. The van der Waals surface area contributed by atoms with Gasteiger partial charge in [-0.2, -0.15) is 0 Å². The fourth-order valence-electron chi connectivity index (χ4n) is 0.986. The topological polar surface area (TPSA) is 22.1 Å². The number of halogens is 4. The lowest BCUT2D eigenvalue weighted by Crippen LogP contribution is -2.01. The van der Waals surface area contributed by atoms with Crippen LogP contribution in [0.4, 0.5) is 8.78 Å². The molecule has 0 saturated carbocycles. The van der Waals surface area contributed by atoms with Crippen LogP contribution >= 0.6 is 34.2 Å². The first-order valence-corrected chi connectivity index (χ1v) is 5.29. The summed E-state index contributed by atoms with van der Waals surface area (Å²) in [4.78, 5) is 3.85. The number of aromatic nitrogens is 1. The zero-order valence-corrected chi connectivity index (χ0v) is 10.1. The van der Waals surface area contributed by atoms with Gasteiger partial charge in [0.05, 0.1) is 24.2 Å². The molecule has 1 aromatic rings. The first kappa shape index (κ1) is 11.9. The van der Waals surface area contributed by atoms with Crippen molar-refractivity contribution in [3.63, 3.8) is 0 Å². The fourth-order valence-corrected chi connectivity index (χ4v) is 2.00. The van der Waals surface area contributed by atoms with Crippen LogP contribution < -0.4 is 4.74 Å². The second-order valence-electron chi connectivity index (χ2n) is 2.44. The number of pyridine rings is 1. The summed E-state index contributed by atoms with van der Waals surface area (Å²) in [7, 11) is 1.43. The molecule has 0 N–H and O–H groups in total. The van der Waals surface area contributed by atoms with Crippen molar-refractivity contribution in [1.29, 1.82) is 0 Å². The summed E-state index contributed by atoms with van der Waals surface area (Å²) in [5.74, 6) is 0.252. The number of methoxy groups -OCH3 is 1. The summed E-state index contributed by atoms with van der Waals surface area (Å²) < 4.78 is 30.4. The van der Waals surface area contributed by atoms with E-state index in [0.29, 0.717) is 9.45 Å². The van der Waals surface area contributed by atoms with Crippen LogP contribution in [-0.4, -0.2) is 12.1 Å². The van der Waals surface area contributed by atoms with E-state index >= 15 is 0 Å². The fraction of sp³-hybridized carbons (Fsp3) is 0.375. The lowest BCUT2D eigenvalue weighted by atomic mass is 10.2. The molecule has 0 radical (unpaired) electrons. The van der Waals surface area contributed by atoms with Gasteiger partial charge >= 0.3 is 0 Å². The zero-order chi connectivity index (χ0) is 10.7. The van der Waals surface area contributed by atoms with Gasteiger partial charge in [0.1, 0.15) is 0 Å². The Bertz CT molecular complexity index is 335. The summed E-state index contributed by atoms with van der Waals surface area (Å²) in [5, 5.41) is 0. The quantitative estimate of drug-likeness (QED) is 0.625. The Morgan fingerprint density at radius 1 is 1.64 bits per heavy atom. The van der Waals surface area contributed by atoms with E-state index < -0.39 is 6.43 Å². The molecule has 0 aliphatic heterocycles. The van der Waals surface area contributed by atoms with Gasteiger partial charge in [-0.15, -0.1) is 11.6 Å². The first-order valence-electron chi connectivity index (χ1n) is 3.67. The van der Waals surface area contributed by atoms with Crippen molar-refractivity contribution in [2.75, 3.05) is 7.11 Å². The normalized spacial score (nSPS) is 10.7. The average molecular weight is 334 g/mol. The average Bonchev–Trinajstić information content (AvgIpc) is 2.15. The Kier molecular flexibility index (Phi) is 4.31. The van der Waals surface area contributed by atoms with Crippen molar-refractivity contribution in [2.24, 2.45) is 0 Å². The van der Waals surface area contributed by atoms with Gasteiger partial charge in [-0.3, -0.25) is 0 Å². The summed E-state index contributed by atoms with van der Waals surface area (Å²) in [6.07, 6.45) is -2.56. The van der Waals surface area contributed by atoms with E-state index in [4.69, 9.17) is 16.3 Å². The number of alkyl halides is 3. The molecule has 78 valence electrons. The zero-order valence-electron chi connectivity index (χ0n) is 7.23. The van der Waals surface area contributed by atoms with E-state index in [1.807, 2.05) is 22.6 Å². The van der Waals surface area contributed by atoms with Crippen molar-refractivity contribution in [3.05, 3.63) is 20.9 Å². The van der Waals surface area contributed by atoms with Crippen molar-refractivity contribution in [3.8, 4) is 5.88 Å². The largest absolute Gasteiger partial charge is 0.481 e. The summed E-state index contributed by atoms with van der Waals surface area (Å²) in [5.41, 5.74) is 0.0619. The minimum Gasteiger partial charge on any atom is -0.481 e. The van der Waals surface area contributed by atoms with Crippen LogP contribution in [0, 0.1) is 3.57 Å². The Morgan fingerprint density at radius 2 is 2.29 bits per heavy atom. The molecule has 0 atom stereocenters. The summed E-state index contributed by atoms with van der Waals surface area (Å²) in [6, 6.07) is 1.46. The van der Waals surface area contributed by atoms with Crippen LogP contribution in [0.15, 0.2) is 6.07 Å². The monoisotopic (exact) mass is 333 g/mol.